The van der Waals surface area contributed by atoms with Gasteiger partial charge in [-0.1, -0.05) is 170 Å². The molecule has 6 saturated carbocycles. The number of hydrogen-bond acceptors (Lipinski definition) is 6. The molecule has 0 aromatic heterocycles. The minimum atomic E-state index is -0.490. The van der Waals surface area contributed by atoms with E-state index < -0.39 is 16.6 Å². The van der Waals surface area contributed by atoms with E-state index in [1.165, 1.54) is 91.2 Å². The average molecular weight is 793 g/mol. The fourth-order valence-electron chi connectivity index (χ4n) is 18.4. The van der Waals surface area contributed by atoms with E-state index >= 15 is 0 Å². The number of azo groups is 3. The highest BCUT2D eigenvalue weighted by Crippen LogP contribution is 2.82. The van der Waals surface area contributed by atoms with Crippen molar-refractivity contribution in [3.8, 4) is 0 Å². The highest BCUT2D eigenvalue weighted by molar-refractivity contribution is 5.55. The lowest BCUT2D eigenvalue weighted by molar-refractivity contribution is 0.131. The van der Waals surface area contributed by atoms with Gasteiger partial charge in [-0.15, -0.1) is 0 Å². The Hall–Kier alpha value is -4.32. The molecule has 4 aromatic carbocycles. The summed E-state index contributed by atoms with van der Waals surface area (Å²) < 4.78 is 0. The molecule has 12 atom stereocenters. The first-order chi connectivity index (χ1) is 28.9. The van der Waals surface area contributed by atoms with Gasteiger partial charge in [-0.05, 0) is 107 Å². The molecule has 0 spiro atoms. The summed E-state index contributed by atoms with van der Waals surface area (Å²) in [6.07, 6.45) is 10.8. The highest BCUT2D eigenvalue weighted by Gasteiger charge is 2.82. The van der Waals surface area contributed by atoms with Crippen LogP contribution in [0.15, 0.2) is 140 Å². The van der Waals surface area contributed by atoms with E-state index in [9.17, 15) is 0 Å². The fraction of sp³-hybridized carbons (Fsp3) is 0.556. The maximum atomic E-state index is 5.75. The molecular weight excluding hydrogens is 733 g/mol. The predicted octanol–water partition coefficient (Wildman–Crippen LogP) is 13.7. The van der Waals surface area contributed by atoms with Crippen molar-refractivity contribution >= 4 is 0 Å². The second-order valence-corrected chi connectivity index (χ2v) is 22.4. The number of fused-ring (bicyclic) bond motifs is 15. The van der Waals surface area contributed by atoms with Gasteiger partial charge in [-0.3, -0.25) is 0 Å². The summed E-state index contributed by atoms with van der Waals surface area (Å²) in [7, 11) is 0. The molecule has 6 fully saturated rings. The SMILES string of the molecule is CC1(C)[C@]2(c3cc([C@@]45N=N[C@@](c6ccccc6)([C@H]6CCC[C@H]64)C5(C)C)cc([C@@]45N=N[C@@](c6ccccc6)([C@H]6CCC[C@H]64)C5(C)C)c3)N=N[C@@]1(c1ccccc1)[C@H]1CCC[C@H]12. The molecule has 306 valence electrons. The van der Waals surface area contributed by atoms with Crippen molar-refractivity contribution in [1.82, 2.24) is 0 Å². The van der Waals surface area contributed by atoms with Crippen LogP contribution in [0, 0.1) is 51.8 Å². The van der Waals surface area contributed by atoms with Gasteiger partial charge in [0.05, 0.1) is 0 Å². The van der Waals surface area contributed by atoms with Crippen LogP contribution in [-0.4, -0.2) is 0 Å². The Morgan fingerprint density at radius 3 is 0.717 bits per heavy atom. The van der Waals surface area contributed by atoms with Crippen molar-refractivity contribution in [2.75, 3.05) is 0 Å². The van der Waals surface area contributed by atoms with E-state index in [-0.39, 0.29) is 32.9 Å². The molecule has 3 heterocycles. The van der Waals surface area contributed by atoms with Crippen LogP contribution < -0.4 is 0 Å². The second-order valence-electron chi connectivity index (χ2n) is 22.4. The third-order valence-corrected chi connectivity index (χ3v) is 20.5. The molecule has 6 nitrogen and oxygen atoms in total. The quantitative estimate of drug-likeness (QED) is 0.186. The van der Waals surface area contributed by atoms with Gasteiger partial charge in [0.25, 0.3) is 0 Å². The fourth-order valence-corrected chi connectivity index (χ4v) is 18.4. The lowest BCUT2D eigenvalue weighted by atomic mass is 9.57. The van der Waals surface area contributed by atoms with Gasteiger partial charge in [0.2, 0.25) is 0 Å². The zero-order valence-corrected chi connectivity index (χ0v) is 36.4. The van der Waals surface area contributed by atoms with E-state index in [2.05, 4.69) is 151 Å². The van der Waals surface area contributed by atoms with Gasteiger partial charge in [0.15, 0.2) is 0 Å². The lowest BCUT2D eigenvalue weighted by Gasteiger charge is -2.46. The molecule has 13 rings (SSSR count). The first-order valence-electron chi connectivity index (χ1n) is 23.6. The average Bonchev–Trinajstić information content (AvgIpc) is 4.15. The smallest absolute Gasteiger partial charge is 0.117 e. The highest BCUT2D eigenvalue weighted by atomic mass is 15.3. The maximum Gasteiger partial charge on any atom is 0.117 e. The topological polar surface area (TPSA) is 74.2 Å². The van der Waals surface area contributed by atoms with Crippen molar-refractivity contribution in [1.29, 1.82) is 0 Å². The van der Waals surface area contributed by atoms with Crippen LogP contribution in [0.25, 0.3) is 0 Å². The van der Waals surface area contributed by atoms with Crippen LogP contribution in [0.1, 0.15) is 133 Å². The molecule has 9 aliphatic rings. The van der Waals surface area contributed by atoms with E-state index in [4.69, 9.17) is 30.7 Å². The Morgan fingerprint density at radius 2 is 0.500 bits per heavy atom. The third kappa shape index (κ3) is 3.42. The van der Waals surface area contributed by atoms with Crippen LogP contribution in [0.3, 0.4) is 0 Å². The van der Waals surface area contributed by atoms with Crippen molar-refractivity contribution in [2.45, 2.75) is 133 Å². The standard InChI is InChI=1S/C54H60N6/c1-46(2)49(34-19-10-7-11-20-34)40-25-16-28-43(40)52(46,58-55-49)37-31-38(53-44-29-17-26-41(44)50(56-59-53,47(53,3)4)35-21-12-8-13-22-35)33-39(32-37)54-45-30-18-27-42(45)51(57-60-54,48(54,5)6)36-23-14-9-15-24-36/h7-15,19-24,31-33,40-45H,16-18,25-30H2,1-6H3/t40-,41-,42-,43+,44+,45+,49-,50-,51-,52+,53+,54+/m0/s1. The Balaban J connectivity index is 1.10. The van der Waals surface area contributed by atoms with E-state index in [1.54, 1.807) is 0 Å². The minimum absolute atomic E-state index is 0.263. The van der Waals surface area contributed by atoms with Gasteiger partial charge in [0, 0.05) is 16.2 Å². The molecule has 60 heavy (non-hydrogen) atoms. The summed E-state index contributed by atoms with van der Waals surface area (Å²) in [5.74, 6) is 2.52. The summed E-state index contributed by atoms with van der Waals surface area (Å²) in [6, 6.07) is 41.7. The third-order valence-electron chi connectivity index (χ3n) is 20.5. The number of rotatable bonds is 6. The van der Waals surface area contributed by atoms with Crippen molar-refractivity contribution < 1.29 is 0 Å². The van der Waals surface area contributed by atoms with Gasteiger partial charge < -0.3 is 0 Å². The summed E-state index contributed by atoms with van der Waals surface area (Å²) in [5.41, 5.74) is 4.62. The first kappa shape index (κ1) is 36.3. The molecule has 0 amide bonds. The largest absolute Gasteiger partial charge is 0.181 e. The van der Waals surface area contributed by atoms with Crippen LogP contribution in [0.4, 0.5) is 0 Å². The maximum absolute atomic E-state index is 5.75. The predicted molar refractivity (Wildman–Crippen MR) is 234 cm³/mol. The Kier molecular flexibility index (Phi) is 6.78. The Morgan fingerprint density at radius 1 is 0.300 bits per heavy atom. The molecule has 0 N–H and O–H groups in total. The van der Waals surface area contributed by atoms with E-state index in [0.717, 1.165) is 0 Å². The van der Waals surface area contributed by atoms with Crippen LogP contribution in [0.2, 0.25) is 0 Å². The molecule has 6 heteroatoms. The number of benzene rings is 4. The molecule has 0 unspecified atom stereocenters. The first-order valence-corrected chi connectivity index (χ1v) is 23.6. The summed E-state index contributed by atoms with van der Waals surface area (Å²) >= 11 is 0. The normalized spacial score (nSPS) is 44.5. The number of nitrogens with zero attached hydrogens (tertiary/aromatic N) is 6. The summed E-state index contributed by atoms with van der Waals surface area (Å²) in [4.78, 5) is 0. The molecule has 3 aliphatic heterocycles. The second kappa shape index (κ2) is 11.2. The van der Waals surface area contributed by atoms with Crippen LogP contribution in [-0.2, 0) is 33.2 Å². The minimum Gasteiger partial charge on any atom is -0.181 e. The van der Waals surface area contributed by atoms with Crippen molar-refractivity contribution in [3.05, 3.63) is 143 Å². The molecule has 6 bridgehead atoms. The Labute approximate surface area is 356 Å². The number of hydrogen-bond donors (Lipinski definition) is 0. The molecule has 6 aliphatic carbocycles. The van der Waals surface area contributed by atoms with Crippen molar-refractivity contribution in [3.63, 3.8) is 0 Å². The summed E-state index contributed by atoms with van der Waals surface area (Å²) in [5, 5.41) is 34.0. The van der Waals surface area contributed by atoms with Gasteiger partial charge >= 0.3 is 0 Å². The lowest BCUT2D eigenvalue weighted by Crippen LogP contribution is -2.47. The monoisotopic (exact) mass is 792 g/mol. The zero-order chi connectivity index (χ0) is 40.8. The van der Waals surface area contributed by atoms with E-state index in [0.29, 0.717) is 35.5 Å². The van der Waals surface area contributed by atoms with Gasteiger partial charge in [-0.2, -0.15) is 30.7 Å². The van der Waals surface area contributed by atoms with Gasteiger partial charge in [0.1, 0.15) is 33.2 Å². The molecular formula is C54H60N6. The van der Waals surface area contributed by atoms with Crippen LogP contribution in [0.5, 0.6) is 0 Å². The van der Waals surface area contributed by atoms with E-state index in [1.807, 2.05) is 0 Å². The Bertz CT molecular complexity index is 2250. The van der Waals surface area contributed by atoms with Crippen LogP contribution >= 0.6 is 0 Å². The molecule has 0 radical (unpaired) electrons. The molecule has 4 aromatic rings. The zero-order valence-electron chi connectivity index (χ0n) is 36.4. The summed E-state index contributed by atoms with van der Waals surface area (Å²) in [6.45, 7) is 15.1. The molecule has 0 saturated heterocycles. The van der Waals surface area contributed by atoms with Crippen molar-refractivity contribution in [2.24, 2.45) is 82.4 Å². The van der Waals surface area contributed by atoms with Gasteiger partial charge in [-0.25, -0.2) is 0 Å².